The molecule has 49 heavy (non-hydrogen) atoms. The van der Waals surface area contributed by atoms with Crippen molar-refractivity contribution >= 4 is 54.3 Å². The molecule has 0 radical (unpaired) electrons. The first-order valence-corrected chi connectivity index (χ1v) is 16.4. The summed E-state index contributed by atoms with van der Waals surface area (Å²) in [5.74, 6) is 1.90. The molecule has 0 spiro atoms. The molecule has 0 N–H and O–H groups in total. The fourth-order valence-electron chi connectivity index (χ4n) is 7.15. The standard InChI is InChI=1S/C45H27N3O/c1-3-11-28(12-4-1)29-19-21-31(22-20-29)44-46-43(30-13-5-2-6-14-30)47-45(48-44)32-23-24-37-39(27-32)34-16-8-7-15-33(34)36-25-26-38-35-17-9-10-18-40(35)49-42(38)41(36)37/h1-27H. The molecule has 0 amide bonds. The van der Waals surface area contributed by atoms with Gasteiger partial charge in [0, 0.05) is 32.8 Å². The van der Waals surface area contributed by atoms with Crippen LogP contribution in [-0.2, 0) is 0 Å². The number of para-hydroxylation sites is 1. The van der Waals surface area contributed by atoms with Gasteiger partial charge >= 0.3 is 0 Å². The predicted octanol–water partition coefficient (Wildman–Crippen LogP) is 11.9. The van der Waals surface area contributed by atoms with Gasteiger partial charge in [0.05, 0.1) is 0 Å². The van der Waals surface area contributed by atoms with Crippen LogP contribution in [0.3, 0.4) is 0 Å². The van der Waals surface area contributed by atoms with E-state index in [9.17, 15) is 0 Å². The van der Waals surface area contributed by atoms with Gasteiger partial charge in [-0.1, -0.05) is 146 Å². The Morgan fingerprint density at radius 2 is 0.755 bits per heavy atom. The molecule has 0 atom stereocenters. The molecule has 10 rings (SSSR count). The second-order valence-corrected chi connectivity index (χ2v) is 12.4. The van der Waals surface area contributed by atoms with Crippen LogP contribution in [0, 0.1) is 0 Å². The van der Waals surface area contributed by atoms with Crippen molar-refractivity contribution in [3.8, 4) is 45.3 Å². The summed E-state index contributed by atoms with van der Waals surface area (Å²) < 4.78 is 6.57. The number of fused-ring (bicyclic) bond motifs is 10. The molecule has 0 fully saturated rings. The van der Waals surface area contributed by atoms with Crippen molar-refractivity contribution in [2.24, 2.45) is 0 Å². The summed E-state index contributed by atoms with van der Waals surface area (Å²) in [6.45, 7) is 0. The Kier molecular flexibility index (Phi) is 6.15. The molecular formula is C45H27N3O. The molecule has 0 aliphatic rings. The molecule has 8 aromatic carbocycles. The Bertz CT molecular complexity index is 2860. The minimum atomic E-state index is 0.629. The fraction of sp³-hybridized carbons (Fsp3) is 0. The monoisotopic (exact) mass is 625 g/mol. The number of furan rings is 1. The molecule has 0 aliphatic carbocycles. The molecule has 228 valence electrons. The van der Waals surface area contributed by atoms with Gasteiger partial charge in [-0.2, -0.15) is 0 Å². The first-order valence-electron chi connectivity index (χ1n) is 16.4. The minimum absolute atomic E-state index is 0.629. The number of hydrogen-bond donors (Lipinski definition) is 0. The molecule has 0 bridgehead atoms. The maximum Gasteiger partial charge on any atom is 0.164 e. The lowest BCUT2D eigenvalue weighted by atomic mass is 9.92. The van der Waals surface area contributed by atoms with E-state index in [4.69, 9.17) is 19.4 Å². The van der Waals surface area contributed by atoms with E-state index in [1.165, 1.54) is 21.7 Å². The van der Waals surface area contributed by atoms with Gasteiger partial charge in [0.25, 0.3) is 0 Å². The molecule has 10 aromatic rings. The van der Waals surface area contributed by atoms with Crippen molar-refractivity contribution < 1.29 is 4.42 Å². The van der Waals surface area contributed by atoms with Gasteiger partial charge in [0.1, 0.15) is 11.2 Å². The van der Waals surface area contributed by atoms with Crippen LogP contribution in [0.1, 0.15) is 0 Å². The van der Waals surface area contributed by atoms with Crippen LogP contribution in [0.25, 0.3) is 99.5 Å². The van der Waals surface area contributed by atoms with Crippen molar-refractivity contribution in [3.05, 3.63) is 164 Å². The van der Waals surface area contributed by atoms with Gasteiger partial charge in [-0.25, -0.2) is 15.0 Å². The normalized spacial score (nSPS) is 11.7. The lowest BCUT2D eigenvalue weighted by Gasteiger charge is -2.13. The second kappa shape index (κ2) is 11.0. The highest BCUT2D eigenvalue weighted by molar-refractivity contribution is 6.32. The van der Waals surface area contributed by atoms with E-state index in [1.54, 1.807) is 0 Å². The van der Waals surface area contributed by atoms with Gasteiger partial charge in [-0.15, -0.1) is 0 Å². The Hall–Kier alpha value is -6.65. The molecular weight excluding hydrogens is 599 g/mol. The van der Waals surface area contributed by atoms with Crippen LogP contribution in [0.5, 0.6) is 0 Å². The highest BCUT2D eigenvalue weighted by atomic mass is 16.3. The summed E-state index contributed by atoms with van der Waals surface area (Å²) in [6, 6.07) is 56.8. The van der Waals surface area contributed by atoms with E-state index in [1.807, 2.05) is 48.5 Å². The Morgan fingerprint density at radius 3 is 1.47 bits per heavy atom. The maximum atomic E-state index is 6.57. The van der Waals surface area contributed by atoms with E-state index in [2.05, 4.69) is 115 Å². The van der Waals surface area contributed by atoms with Crippen molar-refractivity contribution in [1.29, 1.82) is 0 Å². The van der Waals surface area contributed by atoms with E-state index < -0.39 is 0 Å². The summed E-state index contributed by atoms with van der Waals surface area (Å²) in [6.07, 6.45) is 0. The molecule has 4 nitrogen and oxygen atoms in total. The van der Waals surface area contributed by atoms with Crippen molar-refractivity contribution in [3.63, 3.8) is 0 Å². The Balaban J connectivity index is 1.20. The molecule has 2 heterocycles. The first kappa shape index (κ1) is 27.5. The summed E-state index contributed by atoms with van der Waals surface area (Å²) in [4.78, 5) is 15.1. The lowest BCUT2D eigenvalue weighted by molar-refractivity contribution is 0.673. The third-order valence-electron chi connectivity index (χ3n) is 9.52. The molecule has 0 saturated carbocycles. The number of hydrogen-bond acceptors (Lipinski definition) is 4. The van der Waals surface area contributed by atoms with Crippen LogP contribution < -0.4 is 0 Å². The number of nitrogens with zero attached hydrogens (tertiary/aromatic N) is 3. The highest BCUT2D eigenvalue weighted by Crippen LogP contribution is 2.42. The topological polar surface area (TPSA) is 51.8 Å². The van der Waals surface area contributed by atoms with Gasteiger partial charge in [-0.3, -0.25) is 0 Å². The molecule has 2 aromatic heterocycles. The largest absolute Gasteiger partial charge is 0.455 e. The van der Waals surface area contributed by atoms with E-state index in [0.717, 1.165) is 60.4 Å². The van der Waals surface area contributed by atoms with Crippen molar-refractivity contribution in [1.82, 2.24) is 15.0 Å². The molecule has 0 saturated heterocycles. The average Bonchev–Trinajstić information content (AvgIpc) is 3.57. The second-order valence-electron chi connectivity index (χ2n) is 12.4. The molecule has 0 unspecified atom stereocenters. The Morgan fingerprint density at radius 1 is 0.306 bits per heavy atom. The molecule has 4 heteroatoms. The third-order valence-corrected chi connectivity index (χ3v) is 9.52. The van der Waals surface area contributed by atoms with Crippen LogP contribution in [0.4, 0.5) is 0 Å². The van der Waals surface area contributed by atoms with Crippen LogP contribution in [0.15, 0.2) is 168 Å². The summed E-state index contributed by atoms with van der Waals surface area (Å²) >= 11 is 0. The summed E-state index contributed by atoms with van der Waals surface area (Å²) in [5, 5.41) is 9.17. The first-order chi connectivity index (χ1) is 24.3. The number of aromatic nitrogens is 3. The number of rotatable bonds is 4. The van der Waals surface area contributed by atoms with Crippen LogP contribution in [0.2, 0.25) is 0 Å². The quantitative estimate of drug-likeness (QED) is 0.183. The van der Waals surface area contributed by atoms with Gasteiger partial charge in [0.2, 0.25) is 0 Å². The zero-order valence-corrected chi connectivity index (χ0v) is 26.3. The predicted molar refractivity (Wildman–Crippen MR) is 201 cm³/mol. The smallest absolute Gasteiger partial charge is 0.164 e. The number of benzene rings is 8. The fourth-order valence-corrected chi connectivity index (χ4v) is 7.15. The zero-order valence-electron chi connectivity index (χ0n) is 26.3. The molecule has 0 aliphatic heterocycles. The maximum absolute atomic E-state index is 6.57. The van der Waals surface area contributed by atoms with E-state index in [-0.39, 0.29) is 0 Å². The van der Waals surface area contributed by atoms with E-state index in [0.29, 0.717) is 17.5 Å². The van der Waals surface area contributed by atoms with Crippen molar-refractivity contribution in [2.75, 3.05) is 0 Å². The van der Waals surface area contributed by atoms with Gasteiger partial charge in [0.15, 0.2) is 17.5 Å². The lowest BCUT2D eigenvalue weighted by Crippen LogP contribution is -2.00. The highest BCUT2D eigenvalue weighted by Gasteiger charge is 2.18. The summed E-state index contributed by atoms with van der Waals surface area (Å²) in [7, 11) is 0. The van der Waals surface area contributed by atoms with Crippen LogP contribution in [-0.4, -0.2) is 15.0 Å². The average molecular weight is 626 g/mol. The van der Waals surface area contributed by atoms with Crippen molar-refractivity contribution in [2.45, 2.75) is 0 Å². The van der Waals surface area contributed by atoms with Crippen LogP contribution >= 0.6 is 0 Å². The van der Waals surface area contributed by atoms with Gasteiger partial charge in [-0.05, 0) is 56.3 Å². The van der Waals surface area contributed by atoms with E-state index >= 15 is 0 Å². The Labute approximate surface area is 282 Å². The minimum Gasteiger partial charge on any atom is -0.455 e. The SMILES string of the molecule is c1ccc(-c2ccc(-c3nc(-c4ccccc4)nc(-c4ccc5c(c4)c4ccccc4c4ccc6c7ccccc7oc6c45)n3)cc2)cc1. The van der Waals surface area contributed by atoms with Gasteiger partial charge < -0.3 is 4.42 Å². The zero-order chi connectivity index (χ0) is 32.3. The summed E-state index contributed by atoms with van der Waals surface area (Å²) in [5.41, 5.74) is 6.93. The third kappa shape index (κ3) is 4.49.